The highest BCUT2D eigenvalue weighted by atomic mass is 32.1. The predicted octanol–water partition coefficient (Wildman–Crippen LogP) is 2.34. The number of hydrogen-bond acceptors (Lipinski definition) is 6. The van der Waals surface area contributed by atoms with E-state index in [-0.39, 0.29) is 5.56 Å². The monoisotopic (exact) mass is 285 g/mol. The van der Waals surface area contributed by atoms with E-state index in [4.69, 9.17) is 0 Å². The van der Waals surface area contributed by atoms with E-state index in [1.807, 2.05) is 31.2 Å². The Morgan fingerprint density at radius 1 is 1.20 bits per heavy atom. The fourth-order valence-electron chi connectivity index (χ4n) is 1.73. The number of aromatic amines is 1. The van der Waals surface area contributed by atoms with Gasteiger partial charge in [0, 0.05) is 17.3 Å². The molecule has 0 spiro atoms. The van der Waals surface area contributed by atoms with Crippen LogP contribution in [0.25, 0.3) is 11.3 Å². The van der Waals surface area contributed by atoms with Crippen molar-refractivity contribution in [3.05, 3.63) is 51.8 Å². The van der Waals surface area contributed by atoms with E-state index < -0.39 is 0 Å². The Morgan fingerprint density at radius 3 is 2.80 bits per heavy atom. The number of aryl methyl sites for hydroxylation is 1. The standard InChI is InChI=1S/C13H11N5OS/c1-8-15-18-13(20-8)14-10-4-2-3-9(7-10)11-5-6-12(19)17-16-11/h2-7H,1H3,(H,14,18)(H,17,19). The molecule has 0 aliphatic rings. The molecular formula is C13H11N5OS. The Bertz CT molecular complexity index is 775. The van der Waals surface area contributed by atoms with Crippen LogP contribution in [0.5, 0.6) is 0 Å². The van der Waals surface area contributed by atoms with Gasteiger partial charge in [0.1, 0.15) is 5.01 Å². The first-order valence-electron chi connectivity index (χ1n) is 5.94. The van der Waals surface area contributed by atoms with Crippen molar-refractivity contribution in [1.82, 2.24) is 20.4 Å². The molecule has 0 fully saturated rings. The van der Waals surface area contributed by atoms with Crippen molar-refractivity contribution in [1.29, 1.82) is 0 Å². The molecule has 0 saturated heterocycles. The number of nitrogens with zero attached hydrogens (tertiary/aromatic N) is 3. The lowest BCUT2D eigenvalue weighted by atomic mass is 10.1. The number of H-pyrrole nitrogens is 1. The summed E-state index contributed by atoms with van der Waals surface area (Å²) in [7, 11) is 0. The average molecular weight is 285 g/mol. The van der Waals surface area contributed by atoms with Gasteiger partial charge in [-0.25, -0.2) is 5.10 Å². The zero-order chi connectivity index (χ0) is 13.9. The summed E-state index contributed by atoms with van der Waals surface area (Å²) < 4.78 is 0. The Kier molecular flexibility index (Phi) is 3.26. The molecule has 3 rings (SSSR count). The quantitative estimate of drug-likeness (QED) is 0.771. The van der Waals surface area contributed by atoms with Crippen LogP contribution in [-0.4, -0.2) is 20.4 Å². The molecule has 0 unspecified atom stereocenters. The molecule has 0 atom stereocenters. The van der Waals surface area contributed by atoms with Gasteiger partial charge in [0.2, 0.25) is 5.13 Å². The van der Waals surface area contributed by atoms with Crippen LogP contribution < -0.4 is 10.9 Å². The van der Waals surface area contributed by atoms with Crippen LogP contribution in [0.3, 0.4) is 0 Å². The molecule has 1 aromatic carbocycles. The van der Waals surface area contributed by atoms with Crippen LogP contribution in [-0.2, 0) is 0 Å². The number of hydrogen-bond donors (Lipinski definition) is 2. The van der Waals surface area contributed by atoms with Gasteiger partial charge in [-0.1, -0.05) is 23.5 Å². The third-order valence-electron chi connectivity index (χ3n) is 2.61. The van der Waals surface area contributed by atoms with E-state index in [9.17, 15) is 4.79 Å². The second-order valence-electron chi connectivity index (χ2n) is 4.14. The highest BCUT2D eigenvalue weighted by molar-refractivity contribution is 7.15. The first-order valence-corrected chi connectivity index (χ1v) is 6.76. The molecule has 0 saturated carbocycles. The number of nitrogens with one attached hydrogen (secondary N) is 2. The first-order chi connectivity index (χ1) is 9.70. The summed E-state index contributed by atoms with van der Waals surface area (Å²) in [6, 6.07) is 10.9. The molecule has 0 radical (unpaired) electrons. The van der Waals surface area contributed by atoms with Crippen molar-refractivity contribution < 1.29 is 0 Å². The van der Waals surface area contributed by atoms with Crippen LogP contribution in [0.1, 0.15) is 5.01 Å². The molecule has 0 amide bonds. The predicted molar refractivity (Wildman–Crippen MR) is 78.2 cm³/mol. The largest absolute Gasteiger partial charge is 0.330 e. The summed E-state index contributed by atoms with van der Waals surface area (Å²) in [4.78, 5) is 11.0. The third kappa shape index (κ3) is 2.72. The fourth-order valence-corrected chi connectivity index (χ4v) is 2.34. The Morgan fingerprint density at radius 2 is 2.10 bits per heavy atom. The highest BCUT2D eigenvalue weighted by Crippen LogP contribution is 2.24. The second-order valence-corrected chi connectivity index (χ2v) is 5.32. The normalized spacial score (nSPS) is 10.4. The highest BCUT2D eigenvalue weighted by Gasteiger charge is 2.04. The van der Waals surface area contributed by atoms with Crippen molar-refractivity contribution in [3.63, 3.8) is 0 Å². The lowest BCUT2D eigenvalue weighted by molar-refractivity contribution is 0.995. The molecular weight excluding hydrogens is 274 g/mol. The SMILES string of the molecule is Cc1nnc(Nc2cccc(-c3ccc(=O)[nH]n3)c2)s1. The van der Waals surface area contributed by atoms with Gasteiger partial charge in [0.05, 0.1) is 5.69 Å². The number of benzene rings is 1. The van der Waals surface area contributed by atoms with E-state index >= 15 is 0 Å². The van der Waals surface area contributed by atoms with Gasteiger partial charge in [-0.3, -0.25) is 4.79 Å². The van der Waals surface area contributed by atoms with Gasteiger partial charge in [0.15, 0.2) is 0 Å². The van der Waals surface area contributed by atoms with Gasteiger partial charge in [0.25, 0.3) is 5.56 Å². The van der Waals surface area contributed by atoms with E-state index in [2.05, 4.69) is 25.7 Å². The fraction of sp³-hybridized carbons (Fsp3) is 0.0769. The third-order valence-corrected chi connectivity index (χ3v) is 3.37. The Labute approximate surface area is 118 Å². The van der Waals surface area contributed by atoms with Gasteiger partial charge in [-0.05, 0) is 25.1 Å². The van der Waals surface area contributed by atoms with Crippen molar-refractivity contribution >= 4 is 22.2 Å². The van der Waals surface area contributed by atoms with E-state index in [1.165, 1.54) is 17.4 Å². The second kappa shape index (κ2) is 5.22. The average Bonchev–Trinajstić information content (AvgIpc) is 2.85. The molecule has 7 heteroatoms. The minimum atomic E-state index is -0.215. The molecule has 20 heavy (non-hydrogen) atoms. The maximum Gasteiger partial charge on any atom is 0.264 e. The van der Waals surface area contributed by atoms with Gasteiger partial charge >= 0.3 is 0 Å². The van der Waals surface area contributed by atoms with Crippen molar-refractivity contribution in [2.45, 2.75) is 6.92 Å². The van der Waals surface area contributed by atoms with Crippen LogP contribution in [0.15, 0.2) is 41.2 Å². The van der Waals surface area contributed by atoms with E-state index in [0.29, 0.717) is 5.69 Å². The van der Waals surface area contributed by atoms with Crippen LogP contribution in [0.4, 0.5) is 10.8 Å². The van der Waals surface area contributed by atoms with Crippen molar-refractivity contribution in [2.75, 3.05) is 5.32 Å². The molecule has 2 aromatic heterocycles. The summed E-state index contributed by atoms with van der Waals surface area (Å²) in [6.45, 7) is 1.91. The van der Waals surface area contributed by atoms with Gasteiger partial charge in [-0.2, -0.15) is 5.10 Å². The topological polar surface area (TPSA) is 83.6 Å². The van der Waals surface area contributed by atoms with E-state index in [0.717, 1.165) is 21.4 Å². The Hall–Kier alpha value is -2.54. The molecule has 0 bridgehead atoms. The van der Waals surface area contributed by atoms with Crippen LogP contribution in [0, 0.1) is 6.92 Å². The maximum atomic E-state index is 11.0. The lowest BCUT2D eigenvalue weighted by Crippen LogP contribution is -2.05. The van der Waals surface area contributed by atoms with Gasteiger partial charge < -0.3 is 5.32 Å². The summed E-state index contributed by atoms with van der Waals surface area (Å²) in [6.07, 6.45) is 0. The molecule has 6 nitrogen and oxygen atoms in total. The molecule has 3 aromatic rings. The summed E-state index contributed by atoms with van der Waals surface area (Å²) in [5.74, 6) is 0. The molecule has 0 aliphatic heterocycles. The molecule has 100 valence electrons. The van der Waals surface area contributed by atoms with Crippen molar-refractivity contribution in [2.24, 2.45) is 0 Å². The van der Waals surface area contributed by atoms with Crippen LogP contribution >= 0.6 is 11.3 Å². The van der Waals surface area contributed by atoms with E-state index in [1.54, 1.807) is 6.07 Å². The zero-order valence-electron chi connectivity index (χ0n) is 10.6. The minimum Gasteiger partial charge on any atom is -0.330 e. The summed E-state index contributed by atoms with van der Waals surface area (Å²) in [5.41, 5.74) is 2.30. The first kappa shape index (κ1) is 12.5. The van der Waals surface area contributed by atoms with Gasteiger partial charge in [-0.15, -0.1) is 10.2 Å². The molecule has 2 N–H and O–H groups in total. The minimum absolute atomic E-state index is 0.215. The number of aromatic nitrogens is 4. The summed E-state index contributed by atoms with van der Waals surface area (Å²) >= 11 is 1.49. The summed E-state index contributed by atoms with van der Waals surface area (Å²) in [5, 5.41) is 19.3. The molecule has 0 aliphatic carbocycles. The van der Waals surface area contributed by atoms with Crippen LogP contribution in [0.2, 0.25) is 0 Å². The zero-order valence-corrected chi connectivity index (χ0v) is 11.4. The number of rotatable bonds is 3. The molecule has 2 heterocycles. The Balaban J connectivity index is 1.89. The van der Waals surface area contributed by atoms with Crippen molar-refractivity contribution in [3.8, 4) is 11.3 Å². The smallest absolute Gasteiger partial charge is 0.264 e. The lowest BCUT2D eigenvalue weighted by Gasteiger charge is -2.04. The maximum absolute atomic E-state index is 11.0. The number of anilines is 2.